The van der Waals surface area contributed by atoms with Crippen LogP contribution >= 0.6 is 0 Å². The Kier molecular flexibility index (Phi) is 14.6. The molecule has 0 radical (unpaired) electrons. The molecule has 0 spiro atoms. The summed E-state index contributed by atoms with van der Waals surface area (Å²) in [6.07, 6.45) is 19.2. The maximum atomic E-state index is 5.98. The van der Waals surface area contributed by atoms with Crippen molar-refractivity contribution < 1.29 is 0 Å². The minimum absolute atomic E-state index is 0.817. The van der Waals surface area contributed by atoms with E-state index in [2.05, 4.69) is 98.8 Å². The van der Waals surface area contributed by atoms with Crippen LogP contribution in [0.1, 0.15) is 134 Å². The summed E-state index contributed by atoms with van der Waals surface area (Å²) in [6.45, 7) is 4.59. The molecule has 0 amide bonds. The van der Waals surface area contributed by atoms with Crippen LogP contribution in [0.2, 0.25) is 0 Å². The number of nitrogen functional groups attached to an aromatic ring is 2. The normalized spacial score (nSPS) is 11.2. The second-order valence-electron chi connectivity index (χ2n) is 14.5. The summed E-state index contributed by atoms with van der Waals surface area (Å²) in [5, 5.41) is 0. The molecule has 0 saturated heterocycles. The highest BCUT2D eigenvalue weighted by Crippen LogP contribution is 2.25. The van der Waals surface area contributed by atoms with Crippen LogP contribution in [0, 0.1) is 0 Å². The molecule has 0 bridgehead atoms. The van der Waals surface area contributed by atoms with Crippen LogP contribution in [-0.2, 0) is 38.5 Å². The average molecular weight is 665 g/mol. The number of aryl methyl sites for hydroxylation is 2. The molecule has 0 atom stereocenters. The van der Waals surface area contributed by atoms with E-state index in [0.717, 1.165) is 49.9 Å². The number of rotatable bonds is 20. The van der Waals surface area contributed by atoms with Crippen molar-refractivity contribution >= 4 is 11.4 Å². The van der Waals surface area contributed by atoms with Crippen LogP contribution in [0.3, 0.4) is 0 Å². The molecule has 0 unspecified atom stereocenters. The molecule has 4 N–H and O–H groups in total. The van der Waals surface area contributed by atoms with E-state index < -0.39 is 0 Å². The second kappa shape index (κ2) is 19.8. The monoisotopic (exact) mass is 664 g/mol. The summed E-state index contributed by atoms with van der Waals surface area (Å²) in [5.41, 5.74) is 27.7. The fourth-order valence-electron chi connectivity index (χ4n) is 7.18. The van der Waals surface area contributed by atoms with Crippen LogP contribution in [0.15, 0.2) is 109 Å². The van der Waals surface area contributed by atoms with Gasteiger partial charge in [-0.15, -0.1) is 0 Å². The third kappa shape index (κ3) is 11.9. The Labute approximate surface area is 303 Å². The number of hydrogen-bond acceptors (Lipinski definition) is 2. The Morgan fingerprint density at radius 3 is 1.04 bits per heavy atom. The van der Waals surface area contributed by atoms with E-state index in [1.54, 1.807) is 0 Å². The molecular weight excluding hydrogens is 605 g/mol. The van der Waals surface area contributed by atoms with Crippen molar-refractivity contribution in [2.75, 3.05) is 11.5 Å². The van der Waals surface area contributed by atoms with Crippen molar-refractivity contribution in [2.45, 2.75) is 117 Å². The Bertz CT molecular complexity index is 1710. The lowest BCUT2D eigenvalue weighted by molar-refractivity contribution is 0.630. The second-order valence-corrected chi connectivity index (χ2v) is 14.5. The quantitative estimate of drug-likeness (QED) is 0.0642. The Morgan fingerprint density at radius 1 is 0.320 bits per heavy atom. The summed E-state index contributed by atoms with van der Waals surface area (Å²) in [6, 6.07) is 40.5. The van der Waals surface area contributed by atoms with Crippen LogP contribution in [0.25, 0.3) is 0 Å². The number of anilines is 2. The Balaban J connectivity index is 1.31. The highest BCUT2D eigenvalue weighted by atomic mass is 14.5. The van der Waals surface area contributed by atoms with Crippen molar-refractivity contribution in [1.82, 2.24) is 0 Å². The van der Waals surface area contributed by atoms with Gasteiger partial charge in [-0.05, 0) is 131 Å². The van der Waals surface area contributed by atoms with Crippen molar-refractivity contribution in [1.29, 1.82) is 0 Å². The zero-order valence-electron chi connectivity index (χ0n) is 30.9. The molecule has 0 aliphatic rings. The van der Waals surface area contributed by atoms with Gasteiger partial charge in [-0.2, -0.15) is 0 Å². The lowest BCUT2D eigenvalue weighted by Crippen LogP contribution is -2.02. The first-order valence-corrected chi connectivity index (χ1v) is 19.5. The van der Waals surface area contributed by atoms with E-state index in [1.807, 2.05) is 24.3 Å². The number of benzene rings is 5. The summed E-state index contributed by atoms with van der Waals surface area (Å²) >= 11 is 0. The summed E-state index contributed by atoms with van der Waals surface area (Å²) in [7, 11) is 0. The smallest absolute Gasteiger partial charge is 0.0314 e. The Hall–Kier alpha value is -4.30. The SMILES string of the molecule is CCCCCCCc1cc(Cc2ccc(Cc3ccc(Cc4ccc(N)cc4)cc3)c(CCCCCCC)c2)ccc1Cc1ccc(N)cc1. The Morgan fingerprint density at radius 2 is 0.640 bits per heavy atom. The van der Waals surface area contributed by atoms with E-state index in [1.165, 1.54) is 120 Å². The van der Waals surface area contributed by atoms with Gasteiger partial charge < -0.3 is 11.5 Å². The number of unbranched alkanes of at least 4 members (excludes halogenated alkanes) is 8. The van der Waals surface area contributed by atoms with Gasteiger partial charge in [-0.3, -0.25) is 0 Å². The molecule has 2 heteroatoms. The zero-order chi connectivity index (χ0) is 35.0. The van der Waals surface area contributed by atoms with Crippen molar-refractivity contribution in [3.63, 3.8) is 0 Å². The van der Waals surface area contributed by atoms with Crippen LogP contribution < -0.4 is 11.5 Å². The molecule has 5 rings (SSSR count). The van der Waals surface area contributed by atoms with Gasteiger partial charge >= 0.3 is 0 Å². The van der Waals surface area contributed by atoms with Crippen LogP contribution in [0.5, 0.6) is 0 Å². The summed E-state index contributed by atoms with van der Waals surface area (Å²) < 4.78 is 0. The molecule has 0 aliphatic heterocycles. The van der Waals surface area contributed by atoms with E-state index in [0.29, 0.717) is 0 Å². The van der Waals surface area contributed by atoms with E-state index in [9.17, 15) is 0 Å². The topological polar surface area (TPSA) is 52.0 Å². The van der Waals surface area contributed by atoms with Crippen molar-refractivity contribution in [3.05, 3.63) is 165 Å². The highest BCUT2D eigenvalue weighted by Gasteiger charge is 2.10. The standard InChI is InChI=1S/C48H60N2/c1-3-5-7-9-11-13-43-35-41(19-25-45(43)33-39-17-15-37(16-18-39)31-38-21-27-47(49)28-22-38)32-42-20-26-46(34-40-23-29-48(50)30-24-40)44(36-42)14-12-10-8-6-4-2/h15-30,35-36H,3-14,31-34,49-50H2,1-2H3. The third-order valence-electron chi connectivity index (χ3n) is 10.2. The van der Waals surface area contributed by atoms with E-state index in [4.69, 9.17) is 11.5 Å². The van der Waals surface area contributed by atoms with Gasteiger partial charge in [0.05, 0.1) is 0 Å². The maximum absolute atomic E-state index is 5.98. The molecule has 0 aromatic heterocycles. The molecule has 0 heterocycles. The molecule has 0 aliphatic carbocycles. The molecule has 0 fully saturated rings. The first kappa shape index (κ1) is 37.0. The van der Waals surface area contributed by atoms with Gasteiger partial charge in [0.1, 0.15) is 0 Å². The van der Waals surface area contributed by atoms with Gasteiger partial charge in [0.25, 0.3) is 0 Å². The highest BCUT2D eigenvalue weighted by molar-refractivity contribution is 5.44. The van der Waals surface area contributed by atoms with Gasteiger partial charge in [0.15, 0.2) is 0 Å². The van der Waals surface area contributed by atoms with Gasteiger partial charge in [0.2, 0.25) is 0 Å². The molecule has 0 saturated carbocycles. The maximum Gasteiger partial charge on any atom is 0.0314 e. The summed E-state index contributed by atoms with van der Waals surface area (Å²) in [4.78, 5) is 0. The van der Waals surface area contributed by atoms with Gasteiger partial charge in [-0.25, -0.2) is 0 Å². The molecule has 262 valence electrons. The van der Waals surface area contributed by atoms with E-state index >= 15 is 0 Å². The largest absolute Gasteiger partial charge is 0.399 e. The lowest BCUT2D eigenvalue weighted by Gasteiger charge is -2.15. The van der Waals surface area contributed by atoms with E-state index in [-0.39, 0.29) is 0 Å². The van der Waals surface area contributed by atoms with Gasteiger partial charge in [-0.1, -0.05) is 150 Å². The zero-order valence-corrected chi connectivity index (χ0v) is 30.9. The fraction of sp³-hybridized carbons (Fsp3) is 0.375. The number of nitrogens with two attached hydrogens (primary N) is 2. The molecule has 50 heavy (non-hydrogen) atoms. The molecule has 5 aromatic rings. The molecule has 2 nitrogen and oxygen atoms in total. The molecular formula is C48H60N2. The van der Waals surface area contributed by atoms with Crippen molar-refractivity contribution in [3.8, 4) is 0 Å². The molecule has 5 aromatic carbocycles. The fourth-order valence-corrected chi connectivity index (χ4v) is 7.18. The van der Waals surface area contributed by atoms with Crippen LogP contribution in [0.4, 0.5) is 11.4 Å². The minimum atomic E-state index is 0.817. The summed E-state index contributed by atoms with van der Waals surface area (Å²) in [5.74, 6) is 0. The first-order chi connectivity index (χ1) is 24.5. The average Bonchev–Trinajstić information content (AvgIpc) is 3.13. The number of hydrogen-bond donors (Lipinski definition) is 2. The lowest BCUT2D eigenvalue weighted by atomic mass is 9.90. The minimum Gasteiger partial charge on any atom is -0.399 e. The van der Waals surface area contributed by atoms with Crippen LogP contribution in [-0.4, -0.2) is 0 Å². The predicted octanol–water partition coefficient (Wildman–Crippen LogP) is 12.2. The predicted molar refractivity (Wildman–Crippen MR) is 217 cm³/mol. The van der Waals surface area contributed by atoms with Gasteiger partial charge in [0, 0.05) is 11.4 Å². The third-order valence-corrected chi connectivity index (χ3v) is 10.2. The first-order valence-electron chi connectivity index (χ1n) is 19.5. The van der Waals surface area contributed by atoms with Crippen molar-refractivity contribution in [2.24, 2.45) is 0 Å².